The third kappa shape index (κ3) is 124. The molecule has 0 aliphatic carbocycles. The van der Waals surface area contributed by atoms with E-state index in [-0.39, 0.29) is 131 Å². The van der Waals surface area contributed by atoms with Crippen LogP contribution in [0.5, 0.6) is 0 Å². The van der Waals surface area contributed by atoms with Gasteiger partial charge in [-0.1, -0.05) is 0 Å². The van der Waals surface area contributed by atoms with Crippen molar-refractivity contribution in [3.05, 3.63) is 99.2 Å². The summed E-state index contributed by atoms with van der Waals surface area (Å²) in [6, 6.07) is 0. The van der Waals surface area contributed by atoms with Gasteiger partial charge in [0.25, 0.3) is 0 Å². The minimum absolute atomic E-state index is 0. The Hall–Kier alpha value is 2.34. The maximum absolute atomic E-state index is 4.90. The van der Waals surface area contributed by atoms with E-state index >= 15 is 0 Å². The van der Waals surface area contributed by atoms with E-state index in [2.05, 4.69) is 24.3 Å². The Kier molecular flexibility index (Phi) is 153. The van der Waals surface area contributed by atoms with E-state index in [1.54, 1.807) is 52.0 Å². The van der Waals surface area contributed by atoms with E-state index in [1.807, 2.05) is 0 Å². The average Bonchev–Trinajstić information content (AvgIpc) is 2.44. The zero-order chi connectivity index (χ0) is 16.5. The summed E-state index contributed by atoms with van der Waals surface area (Å²) >= 11 is 0. The van der Waals surface area contributed by atoms with Gasteiger partial charge in [-0.3, -0.25) is 0 Å². The van der Waals surface area contributed by atoms with Crippen LogP contribution >= 0.6 is 0 Å². The number of hydrogen-bond donors (Lipinski definition) is 0. The fraction of sp³-hybridized carbons (Fsp3) is 0.200. The van der Waals surface area contributed by atoms with Crippen molar-refractivity contribution < 1.29 is 131 Å². The largest absolute Gasteiger partial charge is 0.394 e. The first-order chi connectivity index (χ1) is 9.66. The van der Waals surface area contributed by atoms with Crippen LogP contribution in [0.2, 0.25) is 0 Å². The van der Waals surface area contributed by atoms with E-state index < -0.39 is 0 Å². The van der Waals surface area contributed by atoms with Crippen molar-refractivity contribution in [1.82, 2.24) is 0 Å². The first kappa shape index (κ1) is 50.3. The molecule has 0 nitrogen and oxygen atoms in total. The van der Waals surface area contributed by atoms with Crippen LogP contribution in [0.1, 0.15) is 27.7 Å². The van der Waals surface area contributed by atoms with E-state index in [4.69, 9.17) is 26.3 Å². The third-order valence-electron chi connectivity index (χ3n) is 1.05. The predicted octanol–water partition coefficient (Wildman–Crippen LogP) is 5.41. The number of allylic oxidation sites excluding steroid dienone is 12. The van der Waals surface area contributed by atoms with Crippen LogP contribution in [-0.4, -0.2) is 0 Å². The normalized spacial score (nSPS) is 7.50. The second-order valence-electron chi connectivity index (χ2n) is 2.59. The molecule has 0 unspecified atom stereocenters. The van der Waals surface area contributed by atoms with Gasteiger partial charge >= 0.3 is 0 Å². The van der Waals surface area contributed by atoms with Crippen LogP contribution < -0.4 is 0 Å². The number of rotatable bonds is 4. The van der Waals surface area contributed by atoms with E-state index in [0.29, 0.717) is 0 Å². The van der Waals surface area contributed by atoms with Crippen molar-refractivity contribution in [2.75, 3.05) is 0 Å². The molecular weight excluding hydrogens is 596 g/mol. The van der Waals surface area contributed by atoms with Crippen LogP contribution in [0.25, 0.3) is 0 Å². The summed E-state index contributed by atoms with van der Waals surface area (Å²) in [5.41, 5.74) is 0. The van der Waals surface area contributed by atoms with E-state index in [0.717, 1.165) is 0 Å². The molecule has 0 amide bonds. The second-order valence-corrected chi connectivity index (χ2v) is 2.59. The first-order valence-electron chi connectivity index (χ1n) is 5.82. The van der Waals surface area contributed by atoms with Crippen molar-refractivity contribution >= 4 is 0 Å². The molecule has 0 fully saturated rings. The zero-order valence-corrected chi connectivity index (χ0v) is 26.6. The van der Waals surface area contributed by atoms with Crippen LogP contribution in [-0.2, 0) is 131 Å². The topological polar surface area (TPSA) is 0 Å². The summed E-state index contributed by atoms with van der Waals surface area (Å²) in [5, 5.41) is 0. The molecule has 0 aromatic rings. The first-order valence-corrected chi connectivity index (χ1v) is 5.82. The fourth-order valence-corrected chi connectivity index (χ4v) is 0.385. The SMILES string of the molecule is [CH-]=CC=[C-]C.[CH-]=CC=[C-]C.[CH-]=CC=[C-]C.[CH-]=CC=[C-]C.[Y].[Y].[Y].[Y]. The van der Waals surface area contributed by atoms with Crippen LogP contribution in [0.4, 0.5) is 0 Å². The quantitative estimate of drug-likeness (QED) is 0.292. The van der Waals surface area contributed by atoms with Gasteiger partial charge in [-0.05, 0) is 0 Å². The van der Waals surface area contributed by atoms with Crippen LogP contribution in [0, 0.1) is 50.6 Å². The Morgan fingerprint density at radius 1 is 0.417 bits per heavy atom. The van der Waals surface area contributed by atoms with E-state index in [9.17, 15) is 0 Å². The van der Waals surface area contributed by atoms with Gasteiger partial charge in [0.2, 0.25) is 0 Å². The van der Waals surface area contributed by atoms with Gasteiger partial charge in [0.1, 0.15) is 0 Å². The molecule has 4 heteroatoms. The molecule has 4 radical (unpaired) electrons. The van der Waals surface area contributed by atoms with Gasteiger partial charge in [0.05, 0.1) is 0 Å². The standard InChI is InChI=1S/4C5H6.4Y/c4*1-3-5-4-2;;;;/h4*1,3,5H,2H3;;;;/q4*-2;;;;. The molecule has 0 saturated carbocycles. The average molecular weight is 620 g/mol. The molecule has 0 rings (SSSR count). The minimum atomic E-state index is 0. The molecule has 0 atom stereocenters. The van der Waals surface area contributed by atoms with Crippen molar-refractivity contribution in [3.8, 4) is 0 Å². The molecule has 0 bridgehead atoms. The van der Waals surface area contributed by atoms with Crippen LogP contribution in [0.3, 0.4) is 0 Å². The molecular formula is C20H24Y4-8. The molecule has 0 saturated heterocycles. The Balaban J connectivity index is -0.0000000225. The molecule has 0 aliphatic rings. The zero-order valence-electron chi connectivity index (χ0n) is 15.2. The van der Waals surface area contributed by atoms with Crippen molar-refractivity contribution in [2.45, 2.75) is 27.7 Å². The van der Waals surface area contributed by atoms with Gasteiger partial charge in [-0.25, -0.2) is 0 Å². The van der Waals surface area contributed by atoms with E-state index in [1.165, 1.54) is 24.3 Å². The van der Waals surface area contributed by atoms with Crippen molar-refractivity contribution in [2.24, 2.45) is 0 Å². The summed E-state index contributed by atoms with van der Waals surface area (Å²) in [6.45, 7) is 26.8. The van der Waals surface area contributed by atoms with Gasteiger partial charge in [0, 0.05) is 131 Å². The summed E-state index contributed by atoms with van der Waals surface area (Å²) in [4.78, 5) is 0. The summed E-state index contributed by atoms with van der Waals surface area (Å²) in [6.07, 6.45) is 23.2. The molecule has 0 aromatic heterocycles. The molecule has 0 aliphatic heterocycles. The van der Waals surface area contributed by atoms with Crippen LogP contribution in [0.15, 0.2) is 48.6 Å². The minimum Gasteiger partial charge on any atom is -0.394 e. The van der Waals surface area contributed by atoms with Crippen molar-refractivity contribution in [1.29, 1.82) is 0 Å². The molecule has 0 aromatic carbocycles. The monoisotopic (exact) mass is 620 g/mol. The molecule has 0 N–H and O–H groups in total. The maximum atomic E-state index is 4.90. The Bertz CT molecular complexity index is 248. The van der Waals surface area contributed by atoms with Gasteiger partial charge in [-0.2, -0.15) is 0 Å². The molecule has 0 heterocycles. The fourth-order valence-electron chi connectivity index (χ4n) is 0.385. The maximum Gasteiger partial charge on any atom is 0 e. The van der Waals surface area contributed by atoms with Crippen molar-refractivity contribution in [3.63, 3.8) is 0 Å². The summed E-state index contributed by atoms with van der Waals surface area (Å²) in [5.74, 6) is 0. The Labute approximate surface area is 253 Å². The molecule has 24 heavy (non-hydrogen) atoms. The summed E-state index contributed by atoms with van der Waals surface area (Å²) < 4.78 is 0. The van der Waals surface area contributed by atoms with Gasteiger partial charge < -0.3 is 99.2 Å². The summed E-state index contributed by atoms with van der Waals surface area (Å²) in [7, 11) is 0. The Morgan fingerprint density at radius 3 is 0.542 bits per heavy atom. The molecule has 124 valence electrons. The van der Waals surface area contributed by atoms with Gasteiger partial charge in [-0.15, -0.1) is 27.7 Å². The smallest absolute Gasteiger partial charge is 0 e. The molecule has 0 spiro atoms. The third-order valence-corrected chi connectivity index (χ3v) is 1.05. The Morgan fingerprint density at radius 2 is 0.542 bits per heavy atom. The number of hydrogen-bond acceptors (Lipinski definition) is 0. The second kappa shape index (κ2) is 73.0. The van der Waals surface area contributed by atoms with Gasteiger partial charge in [0.15, 0.2) is 0 Å². The predicted molar refractivity (Wildman–Crippen MR) is 89.4 cm³/mol.